The molecule has 34 heavy (non-hydrogen) atoms. The number of hydrogen-bond donors (Lipinski definition) is 2. The van der Waals surface area contributed by atoms with Crippen LogP contribution in [0.25, 0.3) is 21.3 Å². The third-order valence-corrected chi connectivity index (χ3v) is 6.16. The molecule has 0 aliphatic rings. The highest BCUT2D eigenvalue weighted by Gasteiger charge is 2.15. The molecule has 3 aromatic carbocycles. The molecule has 8 heteroatoms. The fourth-order valence-electron chi connectivity index (χ4n) is 3.55. The molecule has 4 rings (SSSR count). The lowest BCUT2D eigenvalue weighted by Gasteiger charge is -2.08. The number of carbonyl (C=O) groups is 3. The summed E-state index contributed by atoms with van der Waals surface area (Å²) in [4.78, 5) is 40.4. The SMILES string of the molecule is CCOC(=O)c1ccccc1-c1ccc2nc(CC(=O)NCc3cccc(C(=O)O)c3)sc2c1. The molecule has 1 heterocycles. The number of amides is 1. The second-order valence-corrected chi connectivity index (χ2v) is 8.63. The van der Waals surface area contributed by atoms with E-state index in [2.05, 4.69) is 10.3 Å². The normalized spacial score (nSPS) is 10.7. The first kappa shape index (κ1) is 23.1. The molecule has 0 unspecified atom stereocenters. The van der Waals surface area contributed by atoms with Crippen LogP contribution in [0, 0.1) is 0 Å². The van der Waals surface area contributed by atoms with Crippen LogP contribution < -0.4 is 5.32 Å². The summed E-state index contributed by atoms with van der Waals surface area (Å²) >= 11 is 1.42. The van der Waals surface area contributed by atoms with Crippen LogP contribution in [0.1, 0.15) is 38.2 Å². The zero-order chi connectivity index (χ0) is 24.1. The van der Waals surface area contributed by atoms with E-state index in [1.807, 2.05) is 30.3 Å². The number of fused-ring (bicyclic) bond motifs is 1. The molecule has 0 aliphatic heterocycles. The van der Waals surface area contributed by atoms with E-state index < -0.39 is 5.97 Å². The number of hydrogen-bond acceptors (Lipinski definition) is 6. The summed E-state index contributed by atoms with van der Waals surface area (Å²) in [5, 5.41) is 12.6. The number of aromatic carboxylic acids is 1. The molecule has 0 radical (unpaired) electrons. The van der Waals surface area contributed by atoms with Gasteiger partial charge in [-0.05, 0) is 53.9 Å². The number of carbonyl (C=O) groups excluding carboxylic acids is 2. The van der Waals surface area contributed by atoms with Crippen molar-refractivity contribution in [1.29, 1.82) is 0 Å². The lowest BCUT2D eigenvalue weighted by atomic mass is 9.99. The minimum Gasteiger partial charge on any atom is -0.478 e. The summed E-state index contributed by atoms with van der Waals surface area (Å²) in [6.45, 7) is 2.31. The van der Waals surface area contributed by atoms with Crippen molar-refractivity contribution in [2.24, 2.45) is 0 Å². The van der Waals surface area contributed by atoms with Gasteiger partial charge in [0.1, 0.15) is 5.01 Å². The number of thiazole rings is 1. The first-order chi connectivity index (χ1) is 16.4. The van der Waals surface area contributed by atoms with Crippen molar-refractivity contribution in [1.82, 2.24) is 10.3 Å². The number of esters is 1. The highest BCUT2D eigenvalue weighted by Crippen LogP contribution is 2.30. The van der Waals surface area contributed by atoms with E-state index in [-0.39, 0.29) is 30.4 Å². The van der Waals surface area contributed by atoms with Gasteiger partial charge in [0.15, 0.2) is 0 Å². The standard InChI is InChI=1S/C26H22N2O5S/c1-2-33-26(32)20-9-4-3-8-19(20)17-10-11-21-22(13-17)34-24(28-21)14-23(29)27-15-16-6-5-7-18(12-16)25(30)31/h3-13H,2,14-15H2,1H3,(H,27,29)(H,30,31). The molecule has 4 aromatic rings. The Morgan fingerprint density at radius 1 is 1.03 bits per heavy atom. The maximum atomic E-state index is 12.4. The van der Waals surface area contributed by atoms with Gasteiger partial charge in [0.2, 0.25) is 5.91 Å². The molecule has 0 saturated heterocycles. The Kier molecular flexibility index (Phi) is 6.98. The molecule has 172 valence electrons. The van der Waals surface area contributed by atoms with E-state index in [0.717, 1.165) is 21.3 Å². The minimum atomic E-state index is -1.01. The molecule has 0 fully saturated rings. The Labute approximate surface area is 200 Å². The first-order valence-electron chi connectivity index (χ1n) is 10.7. The summed E-state index contributed by atoms with van der Waals surface area (Å²) in [6.07, 6.45) is 0.118. The van der Waals surface area contributed by atoms with Crippen LogP contribution in [0.15, 0.2) is 66.7 Å². The van der Waals surface area contributed by atoms with E-state index in [4.69, 9.17) is 9.84 Å². The number of rotatable bonds is 8. The van der Waals surface area contributed by atoms with Crippen LogP contribution in [0.5, 0.6) is 0 Å². The molecule has 0 atom stereocenters. The molecule has 0 aliphatic carbocycles. The number of ether oxygens (including phenoxy) is 1. The van der Waals surface area contributed by atoms with Crippen molar-refractivity contribution in [3.8, 4) is 11.1 Å². The maximum absolute atomic E-state index is 12.4. The van der Waals surface area contributed by atoms with Crippen LogP contribution >= 0.6 is 11.3 Å². The highest BCUT2D eigenvalue weighted by atomic mass is 32.1. The van der Waals surface area contributed by atoms with Gasteiger partial charge in [-0.3, -0.25) is 4.79 Å². The van der Waals surface area contributed by atoms with Gasteiger partial charge in [0.25, 0.3) is 0 Å². The molecule has 7 nitrogen and oxygen atoms in total. The summed E-state index contributed by atoms with van der Waals surface area (Å²) in [5.74, 6) is -1.58. The van der Waals surface area contributed by atoms with Gasteiger partial charge >= 0.3 is 11.9 Å². The zero-order valence-corrected chi connectivity index (χ0v) is 19.2. The fraction of sp³-hybridized carbons (Fsp3) is 0.154. The van der Waals surface area contributed by atoms with Crippen molar-refractivity contribution >= 4 is 39.4 Å². The Hall–Kier alpha value is -4.04. The molecule has 0 spiro atoms. The zero-order valence-electron chi connectivity index (χ0n) is 18.4. The largest absolute Gasteiger partial charge is 0.478 e. The van der Waals surface area contributed by atoms with Crippen LogP contribution in [0.2, 0.25) is 0 Å². The van der Waals surface area contributed by atoms with E-state index in [1.165, 1.54) is 23.5 Å². The van der Waals surface area contributed by atoms with Gasteiger partial charge in [-0.15, -0.1) is 11.3 Å². The predicted molar refractivity (Wildman–Crippen MR) is 130 cm³/mol. The smallest absolute Gasteiger partial charge is 0.338 e. The van der Waals surface area contributed by atoms with Gasteiger partial charge in [-0.25, -0.2) is 14.6 Å². The first-order valence-corrected chi connectivity index (χ1v) is 11.5. The quantitative estimate of drug-likeness (QED) is 0.359. The lowest BCUT2D eigenvalue weighted by Crippen LogP contribution is -2.24. The van der Waals surface area contributed by atoms with Gasteiger partial charge in [0, 0.05) is 6.54 Å². The summed E-state index contributed by atoms with van der Waals surface area (Å²) in [7, 11) is 0. The van der Waals surface area contributed by atoms with Gasteiger partial charge in [-0.2, -0.15) is 0 Å². The monoisotopic (exact) mass is 474 g/mol. The predicted octanol–water partition coefficient (Wildman–Crippen LogP) is 4.70. The average Bonchev–Trinajstić information content (AvgIpc) is 3.24. The van der Waals surface area contributed by atoms with Crippen molar-refractivity contribution < 1.29 is 24.2 Å². The van der Waals surface area contributed by atoms with Crippen LogP contribution in [0.4, 0.5) is 0 Å². The van der Waals surface area contributed by atoms with Crippen LogP contribution in [0.3, 0.4) is 0 Å². The summed E-state index contributed by atoms with van der Waals surface area (Å²) in [6, 6.07) is 19.5. The number of carboxylic acid groups (broad SMARTS) is 1. The number of carboxylic acids is 1. The Bertz CT molecular complexity index is 1380. The molecule has 0 saturated carbocycles. The Morgan fingerprint density at radius 2 is 1.85 bits per heavy atom. The molecule has 1 aromatic heterocycles. The Balaban J connectivity index is 1.48. The highest BCUT2D eigenvalue weighted by molar-refractivity contribution is 7.18. The van der Waals surface area contributed by atoms with E-state index in [9.17, 15) is 14.4 Å². The summed E-state index contributed by atoms with van der Waals surface area (Å²) < 4.78 is 6.09. The third kappa shape index (κ3) is 5.29. The molecular formula is C26H22N2O5S. The topological polar surface area (TPSA) is 106 Å². The third-order valence-electron chi connectivity index (χ3n) is 5.14. The van der Waals surface area contributed by atoms with Crippen LogP contribution in [-0.2, 0) is 22.5 Å². The van der Waals surface area contributed by atoms with Gasteiger partial charge in [-0.1, -0.05) is 36.4 Å². The van der Waals surface area contributed by atoms with E-state index in [0.29, 0.717) is 22.7 Å². The lowest BCUT2D eigenvalue weighted by molar-refractivity contribution is -0.120. The number of nitrogens with one attached hydrogen (secondary N) is 1. The molecule has 1 amide bonds. The molecule has 2 N–H and O–H groups in total. The Morgan fingerprint density at radius 3 is 2.65 bits per heavy atom. The van der Waals surface area contributed by atoms with Crippen LogP contribution in [-0.4, -0.2) is 34.5 Å². The van der Waals surface area contributed by atoms with Crippen molar-refractivity contribution in [3.63, 3.8) is 0 Å². The maximum Gasteiger partial charge on any atom is 0.338 e. The average molecular weight is 475 g/mol. The molecule has 0 bridgehead atoms. The van der Waals surface area contributed by atoms with Crippen molar-refractivity contribution in [2.75, 3.05) is 6.61 Å². The van der Waals surface area contributed by atoms with E-state index >= 15 is 0 Å². The second kappa shape index (κ2) is 10.3. The van der Waals surface area contributed by atoms with Gasteiger partial charge in [0.05, 0.1) is 34.4 Å². The summed E-state index contributed by atoms with van der Waals surface area (Å²) in [5.41, 5.74) is 3.81. The van der Waals surface area contributed by atoms with Gasteiger partial charge < -0.3 is 15.2 Å². The number of nitrogens with zero attached hydrogens (tertiary/aromatic N) is 1. The molecular weight excluding hydrogens is 452 g/mol. The number of benzene rings is 3. The fourth-order valence-corrected chi connectivity index (χ4v) is 4.56. The van der Waals surface area contributed by atoms with E-state index in [1.54, 1.807) is 31.2 Å². The minimum absolute atomic E-state index is 0.118. The second-order valence-electron chi connectivity index (χ2n) is 7.52. The number of aromatic nitrogens is 1. The van der Waals surface area contributed by atoms with Crippen molar-refractivity contribution in [2.45, 2.75) is 19.9 Å². The van der Waals surface area contributed by atoms with Crippen molar-refractivity contribution in [3.05, 3.63) is 88.4 Å².